The quantitative estimate of drug-likeness (QED) is 0.920. The van der Waals surface area contributed by atoms with Crippen molar-refractivity contribution in [2.75, 3.05) is 19.7 Å². The predicted octanol–water partition coefficient (Wildman–Crippen LogP) is 3.64. The van der Waals surface area contributed by atoms with E-state index in [1.165, 1.54) is 22.3 Å². The van der Waals surface area contributed by atoms with Gasteiger partial charge in [0.1, 0.15) is 6.61 Å². The van der Waals surface area contributed by atoms with Gasteiger partial charge < -0.3 is 14.7 Å². The summed E-state index contributed by atoms with van der Waals surface area (Å²) >= 11 is 0. The third-order valence-corrected chi connectivity index (χ3v) is 6.63. The van der Waals surface area contributed by atoms with Crippen LogP contribution in [-0.4, -0.2) is 41.9 Å². The van der Waals surface area contributed by atoms with E-state index < -0.39 is 0 Å². The summed E-state index contributed by atoms with van der Waals surface area (Å²) in [5, 5.41) is 9.99. The van der Waals surface area contributed by atoms with Crippen molar-refractivity contribution in [1.29, 1.82) is 0 Å². The Morgan fingerprint density at radius 2 is 1.81 bits per heavy atom. The van der Waals surface area contributed by atoms with Crippen LogP contribution >= 0.6 is 0 Å². The Morgan fingerprint density at radius 1 is 1.19 bits per heavy atom. The van der Waals surface area contributed by atoms with Crippen molar-refractivity contribution in [3.63, 3.8) is 0 Å². The zero-order valence-corrected chi connectivity index (χ0v) is 14.9. The van der Waals surface area contributed by atoms with Gasteiger partial charge in [-0.05, 0) is 41.5 Å². The van der Waals surface area contributed by atoms with Crippen molar-refractivity contribution < 1.29 is 14.6 Å². The van der Waals surface area contributed by atoms with Crippen molar-refractivity contribution in [3.05, 3.63) is 59.7 Å². The zero-order chi connectivity index (χ0) is 17.9. The SMILES string of the molecule is CC(O)C12CC1CN(C(=O)OCC1c3ccccc3-c3ccccc31)C2. The molecule has 1 aliphatic heterocycles. The predicted molar refractivity (Wildman–Crippen MR) is 98.9 cm³/mol. The van der Waals surface area contributed by atoms with E-state index in [9.17, 15) is 9.90 Å². The van der Waals surface area contributed by atoms with Crippen molar-refractivity contribution in [2.45, 2.75) is 25.4 Å². The van der Waals surface area contributed by atoms with Crippen LogP contribution in [0, 0.1) is 11.3 Å². The highest BCUT2D eigenvalue weighted by atomic mass is 16.6. The fourth-order valence-electron chi connectivity index (χ4n) is 4.99. The molecule has 0 aromatic heterocycles. The van der Waals surface area contributed by atoms with Crippen molar-refractivity contribution in [3.8, 4) is 11.1 Å². The summed E-state index contributed by atoms with van der Waals surface area (Å²) in [6.07, 6.45) is 0.413. The molecule has 4 nitrogen and oxygen atoms in total. The minimum atomic E-state index is -0.362. The Hall–Kier alpha value is -2.33. The van der Waals surface area contributed by atoms with E-state index in [1.807, 2.05) is 19.1 Å². The van der Waals surface area contributed by atoms with Gasteiger partial charge in [-0.1, -0.05) is 48.5 Å². The number of carbonyl (C=O) groups excluding carboxylic acids is 1. The van der Waals surface area contributed by atoms with Crippen LogP contribution in [0.1, 0.15) is 30.4 Å². The molecule has 1 amide bonds. The molecular formula is C22H23NO3. The fraction of sp³-hybridized carbons (Fsp3) is 0.409. The number of aliphatic hydroxyl groups is 1. The van der Waals surface area contributed by atoms with E-state index in [2.05, 4.69) is 36.4 Å². The Morgan fingerprint density at radius 3 is 2.38 bits per heavy atom. The number of carbonyl (C=O) groups is 1. The molecule has 3 aliphatic rings. The van der Waals surface area contributed by atoms with E-state index in [0.717, 1.165) is 6.42 Å². The Balaban J connectivity index is 1.31. The average Bonchev–Trinajstić information content (AvgIpc) is 3.09. The highest BCUT2D eigenvalue weighted by Gasteiger charge is 2.63. The Bertz CT molecular complexity index is 832. The third-order valence-electron chi connectivity index (χ3n) is 6.63. The molecular weight excluding hydrogens is 326 g/mol. The maximum atomic E-state index is 12.6. The van der Waals surface area contributed by atoms with Crippen molar-refractivity contribution in [2.24, 2.45) is 11.3 Å². The summed E-state index contributed by atoms with van der Waals surface area (Å²) in [4.78, 5) is 14.4. The van der Waals surface area contributed by atoms with Crippen LogP contribution in [0.5, 0.6) is 0 Å². The number of hydrogen-bond donors (Lipinski definition) is 1. The summed E-state index contributed by atoms with van der Waals surface area (Å²) in [7, 11) is 0. The monoisotopic (exact) mass is 349 g/mol. The standard InChI is InChI=1S/C22H23NO3/c1-14(24)22-10-15(22)11-23(13-22)21(25)26-12-20-18-8-4-2-6-16(18)17-7-3-5-9-19(17)20/h2-9,14-15,20,24H,10-13H2,1H3. The van der Waals surface area contributed by atoms with Crippen LogP contribution in [0.15, 0.2) is 48.5 Å². The number of fused-ring (bicyclic) bond motifs is 4. The molecule has 5 rings (SSSR count). The molecule has 0 radical (unpaired) electrons. The van der Waals surface area contributed by atoms with Gasteiger partial charge in [0.05, 0.1) is 6.10 Å². The molecule has 4 heteroatoms. The molecule has 2 aliphatic carbocycles. The van der Waals surface area contributed by atoms with Gasteiger partial charge >= 0.3 is 6.09 Å². The van der Waals surface area contributed by atoms with Gasteiger partial charge in [0.25, 0.3) is 0 Å². The highest BCUT2D eigenvalue weighted by Crippen LogP contribution is 2.60. The van der Waals surface area contributed by atoms with Crippen LogP contribution in [0.25, 0.3) is 11.1 Å². The second kappa shape index (κ2) is 5.58. The zero-order valence-electron chi connectivity index (χ0n) is 14.9. The molecule has 2 aromatic rings. The van der Waals surface area contributed by atoms with E-state index in [4.69, 9.17) is 4.74 Å². The lowest BCUT2D eigenvalue weighted by atomic mass is 9.98. The van der Waals surface area contributed by atoms with Crippen molar-refractivity contribution >= 4 is 6.09 Å². The van der Waals surface area contributed by atoms with E-state index in [1.54, 1.807) is 4.90 Å². The summed E-state index contributed by atoms with van der Waals surface area (Å²) in [6, 6.07) is 16.7. The number of hydrogen-bond acceptors (Lipinski definition) is 3. The van der Waals surface area contributed by atoms with Crippen LogP contribution < -0.4 is 0 Å². The highest BCUT2D eigenvalue weighted by molar-refractivity contribution is 5.79. The maximum absolute atomic E-state index is 12.6. The molecule has 1 saturated heterocycles. The van der Waals surface area contributed by atoms with Crippen LogP contribution in [0.3, 0.4) is 0 Å². The number of likely N-dealkylation sites (tertiary alicyclic amines) is 1. The van der Waals surface area contributed by atoms with Gasteiger partial charge in [-0.15, -0.1) is 0 Å². The first-order valence-electron chi connectivity index (χ1n) is 9.38. The number of rotatable bonds is 3. The maximum Gasteiger partial charge on any atom is 0.409 e. The van der Waals surface area contributed by atoms with Crippen molar-refractivity contribution in [1.82, 2.24) is 4.90 Å². The molecule has 3 atom stereocenters. The van der Waals surface area contributed by atoms with Gasteiger partial charge in [-0.2, -0.15) is 0 Å². The molecule has 0 bridgehead atoms. The Kier molecular flexibility index (Phi) is 3.41. The van der Waals surface area contributed by atoms with Crippen LogP contribution in [-0.2, 0) is 4.74 Å². The van der Waals surface area contributed by atoms with Gasteiger partial charge in [0, 0.05) is 24.4 Å². The first-order valence-corrected chi connectivity index (χ1v) is 9.38. The lowest BCUT2D eigenvalue weighted by molar-refractivity contribution is 0.0804. The molecule has 3 unspecified atom stereocenters. The molecule has 0 spiro atoms. The second-order valence-corrected chi connectivity index (χ2v) is 7.99. The topological polar surface area (TPSA) is 49.8 Å². The van der Waals surface area contributed by atoms with Gasteiger partial charge in [0.2, 0.25) is 0 Å². The molecule has 2 aromatic carbocycles. The number of piperidine rings is 1. The smallest absolute Gasteiger partial charge is 0.409 e. The van der Waals surface area contributed by atoms with Gasteiger partial charge in [-0.3, -0.25) is 0 Å². The fourth-order valence-corrected chi connectivity index (χ4v) is 4.99. The molecule has 2 fully saturated rings. The first kappa shape index (κ1) is 15.9. The second-order valence-electron chi connectivity index (χ2n) is 7.99. The van der Waals surface area contributed by atoms with Crippen LogP contribution in [0.2, 0.25) is 0 Å². The number of benzene rings is 2. The lowest BCUT2D eigenvalue weighted by Gasteiger charge is -2.23. The van der Waals surface area contributed by atoms with E-state index in [0.29, 0.717) is 25.6 Å². The molecule has 1 N–H and O–H groups in total. The largest absolute Gasteiger partial charge is 0.448 e. The lowest BCUT2D eigenvalue weighted by Crippen LogP contribution is -2.35. The van der Waals surface area contributed by atoms with Crippen LogP contribution in [0.4, 0.5) is 4.79 Å². The Labute approximate surface area is 153 Å². The number of amides is 1. The summed E-state index contributed by atoms with van der Waals surface area (Å²) in [6.45, 7) is 3.52. The van der Waals surface area contributed by atoms with E-state index >= 15 is 0 Å². The molecule has 1 saturated carbocycles. The minimum absolute atomic E-state index is 0.0778. The van der Waals surface area contributed by atoms with Gasteiger partial charge in [-0.25, -0.2) is 4.79 Å². The number of nitrogens with zero attached hydrogens (tertiary/aromatic N) is 1. The van der Waals surface area contributed by atoms with E-state index in [-0.39, 0.29) is 23.5 Å². The first-order chi connectivity index (χ1) is 12.6. The normalized spacial score (nSPS) is 26.8. The summed E-state index contributed by atoms with van der Waals surface area (Å²) < 4.78 is 5.72. The summed E-state index contributed by atoms with van der Waals surface area (Å²) in [5.41, 5.74) is 4.85. The minimum Gasteiger partial charge on any atom is -0.448 e. The number of aliphatic hydroxyl groups excluding tert-OH is 1. The molecule has 134 valence electrons. The number of ether oxygens (including phenoxy) is 1. The van der Waals surface area contributed by atoms with Gasteiger partial charge in [0.15, 0.2) is 0 Å². The summed E-state index contributed by atoms with van der Waals surface area (Å²) in [5.74, 6) is 0.525. The molecule has 1 heterocycles. The third kappa shape index (κ3) is 2.21. The average molecular weight is 349 g/mol. The molecule has 26 heavy (non-hydrogen) atoms.